The van der Waals surface area contributed by atoms with E-state index in [2.05, 4.69) is 12.8 Å². The van der Waals surface area contributed by atoms with Crippen molar-refractivity contribution in [1.29, 1.82) is 0 Å². The Morgan fingerprint density at radius 2 is 2.55 bits per heavy atom. The van der Waals surface area contributed by atoms with Crippen LogP contribution in [0.3, 0.4) is 0 Å². The first-order valence-electron chi connectivity index (χ1n) is 2.98. The Balaban J connectivity index is 2.50. The third-order valence-electron chi connectivity index (χ3n) is 1.14. The van der Waals surface area contributed by atoms with Crippen LogP contribution < -0.4 is 5.73 Å². The number of nitrogens with two attached hydrogens (primary N) is 1. The fraction of sp³-hybridized carbons (Fsp3) is 0.167. The Hall–Kier alpha value is -0.680. The molecule has 0 saturated heterocycles. The molecule has 1 aromatic rings. The number of carbonyl (C=O) groups excluding carboxylic acids is 1. The highest BCUT2D eigenvalue weighted by Gasteiger charge is 2.04. The molecule has 60 valence electrons. The third kappa shape index (κ3) is 2.44. The molecular weight excluding hydrogens is 180 g/mol. The van der Waals surface area contributed by atoms with Gasteiger partial charge < -0.3 is 5.73 Å². The van der Waals surface area contributed by atoms with Crippen molar-refractivity contribution in [3.8, 4) is 0 Å². The van der Waals surface area contributed by atoms with Gasteiger partial charge >= 0.3 is 6.03 Å². The molecule has 2 N–H and O–H groups in total. The van der Waals surface area contributed by atoms with Crippen LogP contribution in [0.1, 0.15) is 4.88 Å². The summed E-state index contributed by atoms with van der Waals surface area (Å²) in [6.07, 6.45) is 0. The van der Waals surface area contributed by atoms with Crippen molar-refractivity contribution in [3.05, 3.63) is 22.4 Å². The minimum atomic E-state index is -0.526. The summed E-state index contributed by atoms with van der Waals surface area (Å²) < 4.78 is 1.17. The van der Waals surface area contributed by atoms with Gasteiger partial charge in [0.1, 0.15) is 0 Å². The number of urea groups is 1. The SMILES string of the molecule is NC(=O)N(S)Cc1cccs1. The van der Waals surface area contributed by atoms with Crippen molar-refractivity contribution in [2.45, 2.75) is 6.54 Å². The molecule has 0 fully saturated rings. The van der Waals surface area contributed by atoms with Crippen LogP contribution >= 0.6 is 24.2 Å². The molecule has 0 radical (unpaired) electrons. The molecule has 3 nitrogen and oxygen atoms in total. The molecular formula is C6H8N2OS2. The molecule has 0 bridgehead atoms. The van der Waals surface area contributed by atoms with Crippen LogP contribution in [0.25, 0.3) is 0 Å². The summed E-state index contributed by atoms with van der Waals surface area (Å²) in [5, 5.41) is 1.94. The monoisotopic (exact) mass is 188 g/mol. The Labute approximate surface area is 74.4 Å². The van der Waals surface area contributed by atoms with E-state index in [-0.39, 0.29) is 0 Å². The van der Waals surface area contributed by atoms with E-state index in [0.717, 1.165) is 4.88 Å². The van der Waals surface area contributed by atoms with Gasteiger partial charge in [-0.15, -0.1) is 11.3 Å². The van der Waals surface area contributed by atoms with E-state index >= 15 is 0 Å². The minimum Gasteiger partial charge on any atom is -0.351 e. The molecule has 0 aromatic carbocycles. The molecule has 11 heavy (non-hydrogen) atoms. The molecule has 2 amide bonds. The highest BCUT2D eigenvalue weighted by molar-refractivity contribution is 7.78. The molecule has 1 heterocycles. The number of nitrogens with zero attached hydrogens (tertiary/aromatic N) is 1. The highest BCUT2D eigenvalue weighted by Crippen LogP contribution is 2.12. The normalized spacial score (nSPS) is 9.55. The van der Waals surface area contributed by atoms with Gasteiger partial charge in [0, 0.05) is 4.88 Å². The Morgan fingerprint density at radius 3 is 3.00 bits per heavy atom. The second-order valence-corrected chi connectivity index (χ2v) is 3.49. The zero-order chi connectivity index (χ0) is 8.27. The molecule has 0 aliphatic rings. The first-order valence-corrected chi connectivity index (χ1v) is 4.26. The number of carbonyl (C=O) groups is 1. The van der Waals surface area contributed by atoms with Gasteiger partial charge in [0.25, 0.3) is 0 Å². The molecule has 0 saturated carbocycles. The van der Waals surface area contributed by atoms with Gasteiger partial charge in [-0.2, -0.15) is 0 Å². The maximum atomic E-state index is 10.5. The third-order valence-corrected chi connectivity index (χ3v) is 2.34. The smallest absolute Gasteiger partial charge is 0.324 e. The average molecular weight is 188 g/mol. The lowest BCUT2D eigenvalue weighted by molar-refractivity contribution is 0.234. The summed E-state index contributed by atoms with van der Waals surface area (Å²) in [5.74, 6) is 0. The molecule has 0 aliphatic carbocycles. The zero-order valence-electron chi connectivity index (χ0n) is 5.73. The molecule has 0 aliphatic heterocycles. The molecule has 5 heteroatoms. The van der Waals surface area contributed by atoms with E-state index in [1.807, 2.05) is 17.5 Å². The summed E-state index contributed by atoms with van der Waals surface area (Å²) in [7, 11) is 0. The van der Waals surface area contributed by atoms with Crippen LogP contribution in [0.2, 0.25) is 0 Å². The molecule has 0 spiro atoms. The lowest BCUT2D eigenvalue weighted by atomic mass is 10.5. The van der Waals surface area contributed by atoms with Gasteiger partial charge in [-0.1, -0.05) is 18.9 Å². The summed E-state index contributed by atoms with van der Waals surface area (Å²) in [6, 6.07) is 3.32. The number of thiophene rings is 1. The molecule has 1 rings (SSSR count). The van der Waals surface area contributed by atoms with Crippen LogP contribution in [-0.4, -0.2) is 10.3 Å². The lowest BCUT2D eigenvalue weighted by Crippen LogP contribution is -2.26. The van der Waals surface area contributed by atoms with Crippen LogP contribution in [-0.2, 0) is 6.54 Å². The fourth-order valence-corrected chi connectivity index (χ4v) is 1.57. The molecule has 0 unspecified atom stereocenters. The van der Waals surface area contributed by atoms with E-state index in [1.54, 1.807) is 11.3 Å². The second kappa shape index (κ2) is 3.64. The van der Waals surface area contributed by atoms with Gasteiger partial charge in [0.15, 0.2) is 0 Å². The zero-order valence-corrected chi connectivity index (χ0v) is 7.44. The van der Waals surface area contributed by atoms with E-state index in [1.165, 1.54) is 4.31 Å². The van der Waals surface area contributed by atoms with E-state index in [9.17, 15) is 4.79 Å². The Morgan fingerprint density at radius 1 is 1.82 bits per heavy atom. The fourth-order valence-electron chi connectivity index (χ4n) is 0.628. The van der Waals surface area contributed by atoms with Gasteiger partial charge in [-0.3, -0.25) is 4.31 Å². The largest absolute Gasteiger partial charge is 0.351 e. The summed E-state index contributed by atoms with van der Waals surface area (Å²) in [5.41, 5.74) is 4.97. The minimum absolute atomic E-state index is 0.468. The predicted octanol–water partition coefficient (Wildman–Crippen LogP) is 1.47. The van der Waals surface area contributed by atoms with Crippen molar-refractivity contribution in [3.63, 3.8) is 0 Å². The number of thiol groups is 1. The number of hydrogen-bond donors (Lipinski definition) is 2. The summed E-state index contributed by atoms with van der Waals surface area (Å²) in [4.78, 5) is 11.6. The number of primary amides is 1. The van der Waals surface area contributed by atoms with Gasteiger partial charge in [-0.25, -0.2) is 4.79 Å². The van der Waals surface area contributed by atoms with Gasteiger partial charge in [0.05, 0.1) is 6.54 Å². The Bertz CT molecular complexity index is 235. The van der Waals surface area contributed by atoms with Crippen molar-refractivity contribution in [2.75, 3.05) is 0 Å². The maximum Gasteiger partial charge on any atom is 0.324 e. The first-order chi connectivity index (χ1) is 5.20. The van der Waals surface area contributed by atoms with E-state index in [4.69, 9.17) is 5.73 Å². The standard InChI is InChI=1S/C6H8N2OS2/c7-6(9)8(10)4-5-2-1-3-11-5/h1-3,10H,4H2,(H2,7,9). The molecule has 1 aromatic heterocycles. The summed E-state index contributed by atoms with van der Waals surface area (Å²) in [6.45, 7) is 0.468. The lowest BCUT2D eigenvalue weighted by Gasteiger charge is -2.09. The number of hydrogen-bond acceptors (Lipinski definition) is 3. The summed E-state index contributed by atoms with van der Waals surface area (Å²) >= 11 is 5.45. The number of rotatable bonds is 2. The van der Waals surface area contributed by atoms with Gasteiger partial charge in [0.2, 0.25) is 0 Å². The first kappa shape index (κ1) is 8.42. The quantitative estimate of drug-likeness (QED) is 0.678. The molecule has 0 atom stereocenters. The number of amides is 2. The van der Waals surface area contributed by atoms with Crippen LogP contribution in [0.5, 0.6) is 0 Å². The predicted molar refractivity (Wildman–Crippen MR) is 48.4 cm³/mol. The van der Waals surface area contributed by atoms with Crippen molar-refractivity contribution in [1.82, 2.24) is 4.31 Å². The second-order valence-electron chi connectivity index (χ2n) is 1.98. The Kier molecular flexibility index (Phi) is 2.78. The van der Waals surface area contributed by atoms with E-state index in [0.29, 0.717) is 6.54 Å². The average Bonchev–Trinajstić information content (AvgIpc) is 2.39. The maximum absolute atomic E-state index is 10.5. The highest BCUT2D eigenvalue weighted by atomic mass is 32.1. The van der Waals surface area contributed by atoms with Crippen molar-refractivity contribution in [2.24, 2.45) is 5.73 Å². The van der Waals surface area contributed by atoms with Crippen molar-refractivity contribution < 1.29 is 4.79 Å². The van der Waals surface area contributed by atoms with Gasteiger partial charge in [-0.05, 0) is 11.4 Å². The van der Waals surface area contributed by atoms with Crippen LogP contribution in [0, 0.1) is 0 Å². The van der Waals surface area contributed by atoms with Crippen molar-refractivity contribution >= 4 is 30.2 Å². The topological polar surface area (TPSA) is 46.3 Å². The van der Waals surface area contributed by atoms with Crippen LogP contribution in [0.15, 0.2) is 17.5 Å². The van der Waals surface area contributed by atoms with E-state index < -0.39 is 6.03 Å². The van der Waals surface area contributed by atoms with Crippen LogP contribution in [0.4, 0.5) is 4.79 Å².